The van der Waals surface area contributed by atoms with Crippen LogP contribution in [-0.4, -0.2) is 58.4 Å². The van der Waals surface area contributed by atoms with Crippen LogP contribution in [-0.2, 0) is 6.54 Å². The molecule has 2 heterocycles. The fraction of sp³-hybridized carbons (Fsp3) is 0.435. The lowest BCUT2D eigenvalue weighted by molar-refractivity contribution is 0.169. The highest BCUT2D eigenvalue weighted by Crippen LogP contribution is 2.28. The molecule has 0 unspecified atom stereocenters. The average molecular weight is 441 g/mol. The van der Waals surface area contributed by atoms with E-state index in [1.54, 1.807) is 7.11 Å². The fourth-order valence-electron chi connectivity index (χ4n) is 4.27. The summed E-state index contributed by atoms with van der Waals surface area (Å²) in [5, 5.41) is 13.4. The monoisotopic (exact) mass is 440 g/mol. The minimum Gasteiger partial charge on any atom is -0.497 e. The van der Waals surface area contributed by atoms with Crippen LogP contribution in [0.4, 0.5) is 5.69 Å². The largest absolute Gasteiger partial charge is 0.497 e. The summed E-state index contributed by atoms with van der Waals surface area (Å²) in [7, 11) is 1.67. The van der Waals surface area contributed by atoms with E-state index in [4.69, 9.17) is 16.3 Å². The van der Waals surface area contributed by atoms with Gasteiger partial charge in [0.1, 0.15) is 5.75 Å². The van der Waals surface area contributed by atoms with E-state index in [0.29, 0.717) is 6.54 Å². The van der Waals surface area contributed by atoms with Gasteiger partial charge in [-0.15, -0.1) is 5.10 Å². The van der Waals surface area contributed by atoms with Crippen molar-refractivity contribution in [2.24, 2.45) is 0 Å². The summed E-state index contributed by atoms with van der Waals surface area (Å²) in [5.41, 5.74) is 3.63. The van der Waals surface area contributed by atoms with E-state index in [1.165, 1.54) is 11.3 Å². The van der Waals surface area contributed by atoms with Crippen LogP contribution in [0.2, 0.25) is 5.02 Å². The van der Waals surface area contributed by atoms with Gasteiger partial charge in [-0.2, -0.15) is 0 Å². The molecule has 1 aliphatic rings. The molecule has 164 valence electrons. The number of hydrogen-bond donors (Lipinski definition) is 0. The van der Waals surface area contributed by atoms with Crippen molar-refractivity contribution in [3.8, 4) is 5.75 Å². The maximum atomic E-state index is 6.24. The van der Waals surface area contributed by atoms with Crippen molar-refractivity contribution in [1.29, 1.82) is 0 Å². The molecular formula is C23H29ClN6O. The van der Waals surface area contributed by atoms with Gasteiger partial charge in [-0.05, 0) is 59.2 Å². The third-order valence-electron chi connectivity index (χ3n) is 6.00. The Morgan fingerprint density at radius 1 is 1.06 bits per heavy atom. The first-order valence-electron chi connectivity index (χ1n) is 10.7. The molecule has 8 heteroatoms. The molecule has 0 aliphatic carbocycles. The molecule has 2 aromatic carbocycles. The zero-order chi connectivity index (χ0) is 21.8. The molecule has 0 saturated carbocycles. The topological polar surface area (TPSA) is 59.3 Å². The molecule has 7 nitrogen and oxygen atoms in total. The summed E-state index contributed by atoms with van der Waals surface area (Å²) in [6.45, 7) is 8.81. The van der Waals surface area contributed by atoms with Crippen molar-refractivity contribution in [3.63, 3.8) is 0 Å². The third kappa shape index (κ3) is 4.83. The van der Waals surface area contributed by atoms with Crippen LogP contribution < -0.4 is 9.64 Å². The Morgan fingerprint density at radius 3 is 2.48 bits per heavy atom. The van der Waals surface area contributed by atoms with Gasteiger partial charge in [-0.25, -0.2) is 4.68 Å². The molecule has 31 heavy (non-hydrogen) atoms. The van der Waals surface area contributed by atoms with Gasteiger partial charge < -0.3 is 9.64 Å². The lowest BCUT2D eigenvalue weighted by Crippen LogP contribution is -2.48. The number of nitrogens with zero attached hydrogens (tertiary/aromatic N) is 6. The van der Waals surface area contributed by atoms with E-state index in [0.717, 1.165) is 54.8 Å². The molecule has 0 radical (unpaired) electrons. The summed E-state index contributed by atoms with van der Waals surface area (Å²) in [5.74, 6) is 1.77. The molecule has 1 aliphatic heterocycles. The van der Waals surface area contributed by atoms with Crippen molar-refractivity contribution in [2.75, 3.05) is 38.2 Å². The van der Waals surface area contributed by atoms with Crippen molar-refractivity contribution < 1.29 is 4.74 Å². The summed E-state index contributed by atoms with van der Waals surface area (Å²) < 4.78 is 7.17. The summed E-state index contributed by atoms with van der Waals surface area (Å²) in [6.07, 6.45) is 0.958. The zero-order valence-electron chi connectivity index (χ0n) is 18.3. The second kappa shape index (κ2) is 9.66. The maximum Gasteiger partial charge on any atom is 0.168 e. The quantitative estimate of drug-likeness (QED) is 0.554. The second-order valence-electron chi connectivity index (χ2n) is 7.92. The van der Waals surface area contributed by atoms with Crippen molar-refractivity contribution >= 4 is 17.3 Å². The van der Waals surface area contributed by atoms with E-state index in [2.05, 4.69) is 63.4 Å². The molecule has 0 spiro atoms. The molecular weight excluding hydrogens is 412 g/mol. The number of rotatable bonds is 7. The number of piperazine rings is 1. The first kappa shape index (κ1) is 21.6. The third-order valence-corrected chi connectivity index (χ3v) is 6.24. The number of methoxy groups -OCH3 is 1. The number of benzene rings is 2. The summed E-state index contributed by atoms with van der Waals surface area (Å²) in [4.78, 5) is 4.91. The van der Waals surface area contributed by atoms with E-state index in [9.17, 15) is 0 Å². The Hall–Kier alpha value is -2.64. The van der Waals surface area contributed by atoms with Gasteiger partial charge in [0, 0.05) is 36.9 Å². The van der Waals surface area contributed by atoms with Gasteiger partial charge in [0.25, 0.3) is 0 Å². The molecule has 0 bridgehead atoms. The predicted octanol–water partition coefficient (Wildman–Crippen LogP) is 3.97. The SMILES string of the molecule is CC[C@@H](c1nnnn1Cc1ccc(OC)cc1)N1CCN(c2cc(Cl)ccc2C)CC1. The Labute approximate surface area is 188 Å². The molecule has 1 fully saturated rings. The highest BCUT2D eigenvalue weighted by Gasteiger charge is 2.28. The molecule has 1 saturated heterocycles. The zero-order valence-corrected chi connectivity index (χ0v) is 19.1. The molecule has 3 aromatic rings. The van der Waals surface area contributed by atoms with Crippen molar-refractivity contribution in [2.45, 2.75) is 32.9 Å². The van der Waals surface area contributed by atoms with Gasteiger partial charge in [-0.1, -0.05) is 36.7 Å². The van der Waals surface area contributed by atoms with Gasteiger partial charge in [-0.3, -0.25) is 4.90 Å². The normalized spacial score (nSPS) is 15.8. The number of hydrogen-bond acceptors (Lipinski definition) is 6. The molecule has 0 amide bonds. The number of halogens is 1. The predicted molar refractivity (Wildman–Crippen MR) is 123 cm³/mol. The molecule has 1 aromatic heterocycles. The van der Waals surface area contributed by atoms with E-state index in [-0.39, 0.29) is 6.04 Å². The fourth-order valence-corrected chi connectivity index (χ4v) is 4.43. The molecule has 1 atom stereocenters. The van der Waals surface area contributed by atoms with Crippen LogP contribution in [0.3, 0.4) is 0 Å². The highest BCUT2D eigenvalue weighted by atomic mass is 35.5. The highest BCUT2D eigenvalue weighted by molar-refractivity contribution is 6.30. The molecule has 4 rings (SSSR count). The lowest BCUT2D eigenvalue weighted by Gasteiger charge is -2.40. The lowest BCUT2D eigenvalue weighted by atomic mass is 10.1. The number of aromatic nitrogens is 4. The summed E-state index contributed by atoms with van der Waals surface area (Å²) in [6, 6.07) is 14.3. The average Bonchev–Trinajstić information content (AvgIpc) is 3.25. The maximum absolute atomic E-state index is 6.24. The van der Waals surface area contributed by atoms with Crippen LogP contribution in [0.15, 0.2) is 42.5 Å². The Morgan fingerprint density at radius 2 is 1.81 bits per heavy atom. The second-order valence-corrected chi connectivity index (χ2v) is 8.36. The number of ether oxygens (including phenoxy) is 1. The number of aryl methyl sites for hydroxylation is 1. The number of tetrazole rings is 1. The van der Waals surface area contributed by atoms with Crippen LogP contribution in [0.5, 0.6) is 5.75 Å². The van der Waals surface area contributed by atoms with E-state index < -0.39 is 0 Å². The van der Waals surface area contributed by atoms with Gasteiger partial charge >= 0.3 is 0 Å². The van der Waals surface area contributed by atoms with Gasteiger partial charge in [0.15, 0.2) is 5.82 Å². The Kier molecular flexibility index (Phi) is 6.73. The minimum atomic E-state index is 0.191. The Balaban J connectivity index is 1.45. The standard InChI is InChI=1S/C23H29ClN6O/c1-4-21(23-25-26-27-30(23)16-18-6-9-20(31-3)10-7-18)28-11-13-29(14-12-28)22-15-19(24)8-5-17(22)2/h5-10,15,21H,4,11-14,16H2,1-3H3/t21-/m0/s1. The van der Waals surface area contributed by atoms with Gasteiger partial charge in [0.05, 0.1) is 19.7 Å². The summed E-state index contributed by atoms with van der Waals surface area (Å²) >= 11 is 6.24. The smallest absolute Gasteiger partial charge is 0.168 e. The van der Waals surface area contributed by atoms with Crippen molar-refractivity contribution in [3.05, 3.63) is 64.4 Å². The minimum absolute atomic E-state index is 0.191. The van der Waals surface area contributed by atoms with Crippen LogP contribution >= 0.6 is 11.6 Å². The van der Waals surface area contributed by atoms with Crippen LogP contribution in [0, 0.1) is 6.92 Å². The first-order chi connectivity index (χ1) is 15.1. The van der Waals surface area contributed by atoms with Crippen LogP contribution in [0.1, 0.15) is 36.3 Å². The van der Waals surface area contributed by atoms with Crippen LogP contribution in [0.25, 0.3) is 0 Å². The molecule has 0 N–H and O–H groups in total. The van der Waals surface area contributed by atoms with Gasteiger partial charge in [0.2, 0.25) is 0 Å². The van der Waals surface area contributed by atoms with E-state index >= 15 is 0 Å². The Bertz CT molecular complexity index is 998. The number of anilines is 1. The first-order valence-corrected chi connectivity index (χ1v) is 11.1. The van der Waals surface area contributed by atoms with E-state index in [1.807, 2.05) is 22.9 Å². The van der Waals surface area contributed by atoms with Crippen molar-refractivity contribution in [1.82, 2.24) is 25.1 Å².